The minimum atomic E-state index is -0.888. The second-order valence-corrected chi connectivity index (χ2v) is 4.66. The van der Waals surface area contributed by atoms with E-state index in [1.165, 1.54) is 12.1 Å². The minimum absolute atomic E-state index is 0.0350. The van der Waals surface area contributed by atoms with Crippen LogP contribution in [-0.2, 0) is 6.42 Å². The van der Waals surface area contributed by atoms with E-state index in [9.17, 15) is 14.6 Å². The van der Waals surface area contributed by atoms with Gasteiger partial charge in [-0.2, -0.15) is 0 Å². The number of hydrogen-bond acceptors (Lipinski definition) is 2. The van der Waals surface area contributed by atoms with E-state index >= 15 is 0 Å². The van der Waals surface area contributed by atoms with Crippen molar-refractivity contribution >= 4 is 11.6 Å². The number of benzene rings is 1. The lowest BCUT2D eigenvalue weighted by molar-refractivity contribution is -0.00734. The standard InChI is InChI=1S/C12H16ClFO2/c1-7(2)12(16)11(15)6-8-3-4-9(13)10(14)5-8/h3-5,7,11-12,15-16H,6H2,1-2H3. The molecule has 0 aromatic heterocycles. The minimum Gasteiger partial charge on any atom is -0.390 e. The highest BCUT2D eigenvalue weighted by Crippen LogP contribution is 2.18. The van der Waals surface area contributed by atoms with Crippen LogP contribution in [0.5, 0.6) is 0 Å². The molecule has 0 saturated carbocycles. The Morgan fingerprint density at radius 1 is 1.31 bits per heavy atom. The van der Waals surface area contributed by atoms with E-state index in [1.807, 2.05) is 13.8 Å². The van der Waals surface area contributed by atoms with Crippen LogP contribution < -0.4 is 0 Å². The molecular weight excluding hydrogens is 231 g/mol. The van der Waals surface area contributed by atoms with Crippen molar-refractivity contribution in [3.63, 3.8) is 0 Å². The fourth-order valence-corrected chi connectivity index (χ4v) is 1.59. The van der Waals surface area contributed by atoms with Gasteiger partial charge in [0.2, 0.25) is 0 Å². The topological polar surface area (TPSA) is 40.5 Å². The van der Waals surface area contributed by atoms with Gasteiger partial charge in [0.05, 0.1) is 17.2 Å². The monoisotopic (exact) mass is 246 g/mol. The molecular formula is C12H16ClFO2. The molecule has 1 rings (SSSR count). The van der Waals surface area contributed by atoms with Gasteiger partial charge in [-0.15, -0.1) is 0 Å². The molecule has 90 valence electrons. The predicted molar refractivity (Wildman–Crippen MR) is 62.0 cm³/mol. The Kier molecular flexibility index (Phi) is 4.71. The van der Waals surface area contributed by atoms with Crippen molar-refractivity contribution in [2.24, 2.45) is 5.92 Å². The van der Waals surface area contributed by atoms with Crippen molar-refractivity contribution in [3.8, 4) is 0 Å². The van der Waals surface area contributed by atoms with E-state index in [2.05, 4.69) is 0 Å². The lowest BCUT2D eigenvalue weighted by Crippen LogP contribution is -2.32. The van der Waals surface area contributed by atoms with E-state index in [-0.39, 0.29) is 17.4 Å². The maximum Gasteiger partial charge on any atom is 0.142 e. The number of aliphatic hydroxyl groups is 2. The molecule has 0 aliphatic rings. The Bertz CT molecular complexity index is 355. The highest BCUT2D eigenvalue weighted by atomic mass is 35.5. The first-order valence-corrected chi connectivity index (χ1v) is 5.59. The third-order valence-corrected chi connectivity index (χ3v) is 2.81. The van der Waals surface area contributed by atoms with E-state index in [1.54, 1.807) is 6.07 Å². The van der Waals surface area contributed by atoms with Crippen LogP contribution in [0.3, 0.4) is 0 Å². The predicted octanol–water partition coefficient (Wildman–Crippen LogP) is 2.40. The van der Waals surface area contributed by atoms with Gasteiger partial charge in [-0.05, 0) is 23.6 Å². The molecule has 0 amide bonds. The maximum atomic E-state index is 13.1. The van der Waals surface area contributed by atoms with Gasteiger partial charge in [-0.25, -0.2) is 4.39 Å². The van der Waals surface area contributed by atoms with Crippen LogP contribution in [0.2, 0.25) is 5.02 Å². The van der Waals surface area contributed by atoms with Crippen molar-refractivity contribution in [1.82, 2.24) is 0 Å². The first-order valence-electron chi connectivity index (χ1n) is 5.22. The quantitative estimate of drug-likeness (QED) is 0.857. The summed E-state index contributed by atoms with van der Waals surface area (Å²) in [5, 5.41) is 19.4. The van der Waals surface area contributed by atoms with E-state index in [0.717, 1.165) is 0 Å². The lowest BCUT2D eigenvalue weighted by Gasteiger charge is -2.21. The first-order chi connectivity index (χ1) is 7.41. The van der Waals surface area contributed by atoms with Gasteiger partial charge in [-0.3, -0.25) is 0 Å². The largest absolute Gasteiger partial charge is 0.390 e. The molecule has 0 radical (unpaired) electrons. The van der Waals surface area contributed by atoms with Crippen LogP contribution in [0.1, 0.15) is 19.4 Å². The van der Waals surface area contributed by atoms with Crippen molar-refractivity contribution < 1.29 is 14.6 Å². The van der Waals surface area contributed by atoms with E-state index in [0.29, 0.717) is 5.56 Å². The Morgan fingerprint density at radius 3 is 2.44 bits per heavy atom. The molecule has 0 saturated heterocycles. The molecule has 1 aromatic rings. The third kappa shape index (κ3) is 3.44. The summed E-state index contributed by atoms with van der Waals surface area (Å²) < 4.78 is 13.1. The molecule has 0 aliphatic heterocycles. The summed E-state index contributed by atoms with van der Waals surface area (Å²) in [5.74, 6) is -0.544. The summed E-state index contributed by atoms with van der Waals surface area (Å²) in [6.45, 7) is 3.63. The average Bonchev–Trinajstić information content (AvgIpc) is 2.22. The maximum absolute atomic E-state index is 13.1. The molecule has 1 aromatic carbocycles. The summed E-state index contributed by atoms with van der Waals surface area (Å²) in [7, 11) is 0. The van der Waals surface area contributed by atoms with Crippen LogP contribution in [0.4, 0.5) is 4.39 Å². The highest BCUT2D eigenvalue weighted by molar-refractivity contribution is 6.30. The molecule has 4 heteroatoms. The van der Waals surface area contributed by atoms with Gasteiger partial charge in [0.15, 0.2) is 0 Å². The average molecular weight is 247 g/mol. The van der Waals surface area contributed by atoms with Crippen LogP contribution >= 0.6 is 11.6 Å². The second-order valence-electron chi connectivity index (χ2n) is 4.25. The molecule has 2 atom stereocenters. The lowest BCUT2D eigenvalue weighted by atomic mass is 9.96. The Labute approximate surface area is 99.7 Å². The summed E-state index contributed by atoms with van der Waals surface area (Å²) in [5.41, 5.74) is 0.620. The van der Waals surface area contributed by atoms with Gasteiger partial charge >= 0.3 is 0 Å². The highest BCUT2D eigenvalue weighted by Gasteiger charge is 2.20. The van der Waals surface area contributed by atoms with Crippen molar-refractivity contribution in [3.05, 3.63) is 34.6 Å². The van der Waals surface area contributed by atoms with Gasteiger partial charge in [0.1, 0.15) is 5.82 Å². The van der Waals surface area contributed by atoms with Gasteiger partial charge in [-0.1, -0.05) is 31.5 Å². The zero-order valence-corrected chi connectivity index (χ0v) is 10.1. The van der Waals surface area contributed by atoms with Crippen LogP contribution in [0.15, 0.2) is 18.2 Å². The van der Waals surface area contributed by atoms with Crippen LogP contribution in [-0.4, -0.2) is 22.4 Å². The molecule has 2 N–H and O–H groups in total. The molecule has 0 heterocycles. The molecule has 0 bridgehead atoms. The van der Waals surface area contributed by atoms with E-state index in [4.69, 9.17) is 11.6 Å². The van der Waals surface area contributed by atoms with Gasteiger partial charge < -0.3 is 10.2 Å². The third-order valence-electron chi connectivity index (χ3n) is 2.51. The van der Waals surface area contributed by atoms with E-state index < -0.39 is 18.0 Å². The molecule has 16 heavy (non-hydrogen) atoms. The summed E-state index contributed by atoms with van der Waals surface area (Å²) in [6.07, 6.45) is -1.48. The molecule has 0 aliphatic carbocycles. The number of halogens is 2. The Hall–Kier alpha value is -0.640. The van der Waals surface area contributed by atoms with Gasteiger partial charge in [0, 0.05) is 6.42 Å². The Morgan fingerprint density at radius 2 is 1.94 bits per heavy atom. The molecule has 2 unspecified atom stereocenters. The van der Waals surface area contributed by atoms with Crippen molar-refractivity contribution in [2.45, 2.75) is 32.5 Å². The first kappa shape index (κ1) is 13.4. The van der Waals surface area contributed by atoms with Crippen molar-refractivity contribution in [2.75, 3.05) is 0 Å². The normalized spacial score (nSPS) is 15.2. The number of hydrogen-bond donors (Lipinski definition) is 2. The zero-order valence-electron chi connectivity index (χ0n) is 9.32. The number of rotatable bonds is 4. The van der Waals surface area contributed by atoms with Crippen LogP contribution in [0.25, 0.3) is 0 Å². The fraction of sp³-hybridized carbons (Fsp3) is 0.500. The Balaban J connectivity index is 2.69. The summed E-state index contributed by atoms with van der Waals surface area (Å²) in [6, 6.07) is 4.36. The van der Waals surface area contributed by atoms with Gasteiger partial charge in [0.25, 0.3) is 0 Å². The second kappa shape index (κ2) is 5.62. The fourth-order valence-electron chi connectivity index (χ4n) is 1.47. The smallest absolute Gasteiger partial charge is 0.142 e. The number of aliphatic hydroxyl groups excluding tert-OH is 2. The van der Waals surface area contributed by atoms with Crippen LogP contribution in [0, 0.1) is 11.7 Å². The summed E-state index contributed by atoms with van der Waals surface area (Å²) >= 11 is 5.54. The molecule has 2 nitrogen and oxygen atoms in total. The molecule has 0 spiro atoms. The SMILES string of the molecule is CC(C)C(O)C(O)Cc1ccc(Cl)c(F)c1. The zero-order chi connectivity index (χ0) is 12.3. The molecule has 0 fully saturated rings. The van der Waals surface area contributed by atoms with Crippen molar-refractivity contribution in [1.29, 1.82) is 0 Å². The summed E-state index contributed by atoms with van der Waals surface area (Å²) in [4.78, 5) is 0.